The van der Waals surface area contributed by atoms with Crippen molar-refractivity contribution in [1.82, 2.24) is 0 Å². The average molecular weight is 400 g/mol. The molecule has 0 fully saturated rings. The van der Waals surface area contributed by atoms with Crippen molar-refractivity contribution >= 4 is 27.1 Å². The molecular formula is C15H14F2N4O5S. The molecular weight excluding hydrogens is 386 g/mol. The van der Waals surface area contributed by atoms with Crippen LogP contribution in [0, 0.1) is 10.1 Å². The first-order valence-electron chi connectivity index (χ1n) is 7.24. The summed E-state index contributed by atoms with van der Waals surface area (Å²) in [4.78, 5) is 9.96. The number of nitrogens with two attached hydrogens (primary N) is 1. The standard InChI is InChI=1S/C15H14F2N4O5S/c1-9(10-2-4-11(5-3-10)26-15(16)17)19-20-13-7-6-12(27(18,24)25)8-14(13)21(22)23/h2-8,15,20H,1H3,(H2,18,24,25). The Balaban J connectivity index is 2.24. The van der Waals surface area contributed by atoms with E-state index in [4.69, 9.17) is 5.14 Å². The van der Waals surface area contributed by atoms with Crippen LogP contribution in [0.5, 0.6) is 5.75 Å². The van der Waals surface area contributed by atoms with E-state index >= 15 is 0 Å². The van der Waals surface area contributed by atoms with Crippen LogP contribution in [0.2, 0.25) is 0 Å². The fourth-order valence-electron chi connectivity index (χ4n) is 2.02. The van der Waals surface area contributed by atoms with E-state index in [0.717, 1.165) is 18.2 Å². The van der Waals surface area contributed by atoms with Crippen LogP contribution in [0.15, 0.2) is 52.5 Å². The van der Waals surface area contributed by atoms with Crippen LogP contribution in [0.3, 0.4) is 0 Å². The quantitative estimate of drug-likeness (QED) is 0.416. The number of hydrogen-bond acceptors (Lipinski definition) is 7. The molecule has 0 bridgehead atoms. The third-order valence-corrected chi connectivity index (χ3v) is 4.25. The summed E-state index contributed by atoms with van der Waals surface area (Å²) >= 11 is 0. The van der Waals surface area contributed by atoms with Crippen LogP contribution in [0.1, 0.15) is 12.5 Å². The Morgan fingerprint density at radius 3 is 2.41 bits per heavy atom. The molecule has 3 N–H and O–H groups in total. The van der Waals surface area contributed by atoms with Gasteiger partial charge in [-0.15, -0.1) is 0 Å². The highest BCUT2D eigenvalue weighted by atomic mass is 32.2. The van der Waals surface area contributed by atoms with E-state index in [2.05, 4.69) is 15.3 Å². The summed E-state index contributed by atoms with van der Waals surface area (Å²) in [6.45, 7) is -1.35. The Morgan fingerprint density at radius 1 is 1.26 bits per heavy atom. The summed E-state index contributed by atoms with van der Waals surface area (Å²) in [5, 5.41) is 20.1. The summed E-state index contributed by atoms with van der Waals surface area (Å²) in [5.41, 5.74) is 2.84. The molecule has 0 aliphatic rings. The number of halogens is 2. The van der Waals surface area contributed by atoms with E-state index in [1.807, 2.05) is 0 Å². The second kappa shape index (κ2) is 8.05. The zero-order valence-electron chi connectivity index (χ0n) is 13.8. The fraction of sp³-hybridized carbons (Fsp3) is 0.133. The van der Waals surface area contributed by atoms with Gasteiger partial charge in [0.25, 0.3) is 5.69 Å². The van der Waals surface area contributed by atoms with E-state index in [1.54, 1.807) is 6.92 Å². The van der Waals surface area contributed by atoms with E-state index in [9.17, 15) is 27.3 Å². The minimum absolute atomic E-state index is 0.0243. The van der Waals surface area contributed by atoms with Gasteiger partial charge < -0.3 is 4.74 Å². The molecule has 0 aliphatic carbocycles. The second-order valence-corrected chi connectivity index (χ2v) is 6.75. The number of hydrazone groups is 1. The monoisotopic (exact) mass is 400 g/mol. The third-order valence-electron chi connectivity index (χ3n) is 3.34. The maximum Gasteiger partial charge on any atom is 0.387 e. The molecule has 0 saturated heterocycles. The Kier molecular flexibility index (Phi) is 6.02. The van der Waals surface area contributed by atoms with Crippen molar-refractivity contribution in [2.45, 2.75) is 18.4 Å². The molecule has 0 amide bonds. The number of hydrogen-bond donors (Lipinski definition) is 2. The minimum Gasteiger partial charge on any atom is -0.435 e. The number of nitro benzene ring substituents is 1. The van der Waals surface area contributed by atoms with Crippen LogP contribution < -0.4 is 15.3 Å². The second-order valence-electron chi connectivity index (χ2n) is 5.19. The van der Waals surface area contributed by atoms with E-state index in [0.29, 0.717) is 11.3 Å². The van der Waals surface area contributed by atoms with Crippen LogP contribution in [-0.2, 0) is 10.0 Å². The molecule has 0 heterocycles. The highest BCUT2D eigenvalue weighted by Crippen LogP contribution is 2.27. The summed E-state index contributed by atoms with van der Waals surface area (Å²) in [6, 6.07) is 8.69. The number of ether oxygens (including phenoxy) is 1. The predicted molar refractivity (Wildman–Crippen MR) is 93.4 cm³/mol. The number of benzene rings is 2. The predicted octanol–water partition coefficient (Wildman–Crippen LogP) is 2.68. The molecule has 12 heteroatoms. The topological polar surface area (TPSA) is 137 Å². The van der Waals surface area contributed by atoms with E-state index in [1.165, 1.54) is 24.3 Å². The van der Waals surface area contributed by atoms with Crippen molar-refractivity contribution in [2.75, 3.05) is 5.43 Å². The van der Waals surface area contributed by atoms with Crippen molar-refractivity contribution in [3.8, 4) is 5.75 Å². The number of nitro groups is 1. The Hall–Kier alpha value is -3.12. The number of nitrogens with zero attached hydrogens (tertiary/aromatic N) is 2. The average Bonchev–Trinajstić information content (AvgIpc) is 2.58. The lowest BCUT2D eigenvalue weighted by Gasteiger charge is -2.07. The molecule has 0 aromatic heterocycles. The molecule has 27 heavy (non-hydrogen) atoms. The SMILES string of the molecule is CC(=NNc1ccc(S(N)(=O)=O)cc1[N+](=O)[O-])c1ccc(OC(F)F)cc1. The molecule has 2 rings (SSSR count). The first-order valence-corrected chi connectivity index (χ1v) is 8.79. The fourth-order valence-corrected chi connectivity index (χ4v) is 2.55. The van der Waals surface area contributed by atoms with Crippen molar-refractivity contribution in [3.63, 3.8) is 0 Å². The number of anilines is 1. The van der Waals surface area contributed by atoms with Gasteiger partial charge in [0, 0.05) is 6.07 Å². The van der Waals surface area contributed by atoms with Gasteiger partial charge in [-0.1, -0.05) is 0 Å². The van der Waals surface area contributed by atoms with Gasteiger partial charge in [0.15, 0.2) is 0 Å². The molecule has 0 spiro atoms. The first-order chi connectivity index (χ1) is 12.6. The Morgan fingerprint density at radius 2 is 1.89 bits per heavy atom. The first kappa shape index (κ1) is 20.2. The Bertz CT molecular complexity index is 978. The third kappa shape index (κ3) is 5.43. The lowest BCUT2D eigenvalue weighted by atomic mass is 10.1. The summed E-state index contributed by atoms with van der Waals surface area (Å²) in [6.07, 6.45) is 0. The molecule has 2 aromatic carbocycles. The van der Waals surface area contributed by atoms with Crippen LogP contribution in [-0.4, -0.2) is 25.7 Å². The molecule has 0 atom stereocenters. The lowest BCUT2D eigenvalue weighted by Crippen LogP contribution is -2.12. The molecule has 2 aromatic rings. The van der Waals surface area contributed by atoms with Gasteiger partial charge in [0.2, 0.25) is 10.0 Å². The smallest absolute Gasteiger partial charge is 0.387 e. The van der Waals surface area contributed by atoms with E-state index in [-0.39, 0.29) is 11.4 Å². The van der Waals surface area contributed by atoms with E-state index < -0.39 is 32.1 Å². The maximum absolute atomic E-state index is 12.1. The number of rotatable bonds is 7. The molecule has 0 aliphatic heterocycles. The number of nitrogens with one attached hydrogen (secondary N) is 1. The van der Waals surface area contributed by atoms with Crippen LogP contribution in [0.25, 0.3) is 0 Å². The van der Waals surface area contributed by atoms with Gasteiger partial charge in [-0.05, 0) is 48.9 Å². The zero-order valence-corrected chi connectivity index (χ0v) is 14.6. The molecule has 0 saturated carbocycles. The summed E-state index contributed by atoms with van der Waals surface area (Å²) < 4.78 is 51.1. The molecule has 0 radical (unpaired) electrons. The number of primary sulfonamides is 1. The number of alkyl halides is 2. The normalized spacial score (nSPS) is 12.1. The van der Waals surface area contributed by atoms with Crippen molar-refractivity contribution in [3.05, 3.63) is 58.1 Å². The van der Waals surface area contributed by atoms with Gasteiger partial charge in [-0.25, -0.2) is 13.6 Å². The summed E-state index contributed by atoms with van der Waals surface area (Å²) in [7, 11) is -4.10. The number of sulfonamides is 1. The largest absolute Gasteiger partial charge is 0.435 e. The van der Waals surface area contributed by atoms with Crippen LogP contribution in [0.4, 0.5) is 20.2 Å². The van der Waals surface area contributed by atoms with Gasteiger partial charge >= 0.3 is 6.61 Å². The maximum atomic E-state index is 12.1. The van der Waals surface area contributed by atoms with Gasteiger partial charge in [0.05, 0.1) is 15.5 Å². The van der Waals surface area contributed by atoms with Gasteiger partial charge in [-0.3, -0.25) is 15.5 Å². The molecule has 0 unspecified atom stereocenters. The van der Waals surface area contributed by atoms with Crippen molar-refractivity contribution in [1.29, 1.82) is 0 Å². The Labute approximate surface area is 152 Å². The van der Waals surface area contributed by atoms with Gasteiger partial charge in [-0.2, -0.15) is 13.9 Å². The lowest BCUT2D eigenvalue weighted by molar-refractivity contribution is -0.384. The van der Waals surface area contributed by atoms with Crippen molar-refractivity contribution < 1.29 is 26.9 Å². The highest BCUT2D eigenvalue weighted by Gasteiger charge is 2.19. The van der Waals surface area contributed by atoms with Crippen molar-refractivity contribution in [2.24, 2.45) is 10.2 Å². The minimum atomic E-state index is -4.10. The summed E-state index contributed by atoms with van der Waals surface area (Å²) in [5.74, 6) is -0.0243. The van der Waals surface area contributed by atoms with Gasteiger partial charge in [0.1, 0.15) is 11.4 Å². The zero-order chi connectivity index (χ0) is 20.2. The van der Waals surface area contributed by atoms with Crippen LogP contribution >= 0.6 is 0 Å². The molecule has 144 valence electrons. The molecule has 9 nitrogen and oxygen atoms in total. The highest BCUT2D eigenvalue weighted by molar-refractivity contribution is 7.89.